The number of benzene rings is 2. The first-order valence-electron chi connectivity index (χ1n) is 10.2. The molecule has 0 spiro atoms. The predicted octanol–water partition coefficient (Wildman–Crippen LogP) is 4.31. The van der Waals surface area contributed by atoms with Crippen molar-refractivity contribution in [3.05, 3.63) is 58.2 Å². The van der Waals surface area contributed by atoms with Gasteiger partial charge in [0.25, 0.3) is 0 Å². The third-order valence-electron chi connectivity index (χ3n) is 5.37. The second-order valence-corrected chi connectivity index (χ2v) is 9.38. The molecule has 0 bridgehead atoms. The number of ether oxygens (including phenoxy) is 1. The third-order valence-corrected chi connectivity index (χ3v) is 6.62. The van der Waals surface area contributed by atoms with Gasteiger partial charge in [0.1, 0.15) is 28.2 Å². The summed E-state index contributed by atoms with van der Waals surface area (Å²) in [4.78, 5) is 16.8. The van der Waals surface area contributed by atoms with Crippen LogP contribution in [0.4, 0.5) is 0 Å². The van der Waals surface area contributed by atoms with Gasteiger partial charge in [-0.25, -0.2) is 4.98 Å². The summed E-state index contributed by atoms with van der Waals surface area (Å²) in [5, 5.41) is 21.3. The molecule has 2 aromatic heterocycles. The highest BCUT2D eigenvalue weighted by Crippen LogP contribution is 2.36. The van der Waals surface area contributed by atoms with Crippen molar-refractivity contribution in [2.24, 2.45) is 0 Å². The molecule has 1 aliphatic carbocycles. The molecular formula is C23H18ClN5O3S. The number of carbonyl (C=O) groups excluding carboxylic acids is 1. The fourth-order valence-electron chi connectivity index (χ4n) is 3.48. The van der Waals surface area contributed by atoms with Crippen LogP contribution in [0.25, 0.3) is 21.3 Å². The second-order valence-electron chi connectivity index (χ2n) is 7.82. The summed E-state index contributed by atoms with van der Waals surface area (Å²) in [6.07, 6.45) is 1.63. The summed E-state index contributed by atoms with van der Waals surface area (Å²) in [5.74, 6) is 0.952. The van der Waals surface area contributed by atoms with Crippen molar-refractivity contribution in [1.82, 2.24) is 20.5 Å². The Balaban J connectivity index is 1.34. The quantitative estimate of drug-likeness (QED) is 0.420. The normalized spacial score (nSPS) is 14.1. The minimum atomic E-state index is -0.717. The molecule has 33 heavy (non-hydrogen) atoms. The molecule has 1 aliphatic rings. The van der Waals surface area contributed by atoms with Crippen LogP contribution in [0, 0.1) is 11.3 Å². The van der Waals surface area contributed by atoms with Crippen LogP contribution < -0.4 is 10.1 Å². The highest BCUT2D eigenvalue weighted by Gasteiger charge is 2.44. The number of thiazole rings is 1. The van der Waals surface area contributed by atoms with Gasteiger partial charge in [0.15, 0.2) is 0 Å². The number of rotatable bonds is 7. The maximum atomic E-state index is 12.1. The lowest BCUT2D eigenvalue weighted by atomic mass is 10.1. The molecule has 166 valence electrons. The van der Waals surface area contributed by atoms with E-state index in [1.165, 1.54) is 11.3 Å². The number of hydrogen-bond donors (Lipinski definition) is 1. The van der Waals surface area contributed by atoms with E-state index in [-0.39, 0.29) is 18.2 Å². The minimum absolute atomic E-state index is 0.0610. The van der Waals surface area contributed by atoms with E-state index in [1.54, 1.807) is 7.11 Å². The molecular weight excluding hydrogens is 462 g/mol. The molecule has 1 saturated carbocycles. The summed E-state index contributed by atoms with van der Waals surface area (Å²) in [7, 11) is 1.62. The Hall–Kier alpha value is -3.48. The molecule has 1 amide bonds. The number of hydrogen-bond acceptors (Lipinski definition) is 8. The first kappa shape index (κ1) is 21.4. The molecule has 0 radical (unpaired) electrons. The van der Waals surface area contributed by atoms with Crippen LogP contribution >= 0.6 is 22.9 Å². The van der Waals surface area contributed by atoms with Crippen molar-refractivity contribution < 1.29 is 13.9 Å². The van der Waals surface area contributed by atoms with E-state index in [9.17, 15) is 4.79 Å². The highest BCUT2D eigenvalue weighted by molar-refractivity contribution is 7.18. The Morgan fingerprint density at radius 1 is 1.24 bits per heavy atom. The Morgan fingerprint density at radius 2 is 2.00 bits per heavy atom. The van der Waals surface area contributed by atoms with Gasteiger partial charge in [-0.05, 0) is 48.2 Å². The smallest absolute Gasteiger partial charge is 0.230 e. The second kappa shape index (κ2) is 8.46. The fourth-order valence-corrected chi connectivity index (χ4v) is 4.62. The average molecular weight is 480 g/mol. The van der Waals surface area contributed by atoms with Gasteiger partial charge in [0, 0.05) is 5.02 Å². The summed E-state index contributed by atoms with van der Waals surface area (Å²) in [6, 6.07) is 13.8. The number of carbonyl (C=O) groups is 1. The molecule has 0 aliphatic heterocycles. The molecule has 0 unspecified atom stereocenters. The minimum Gasteiger partial charge on any atom is -0.494 e. The highest BCUT2D eigenvalue weighted by atomic mass is 35.5. The number of halogens is 1. The Kier molecular flexibility index (Phi) is 5.48. The standard InChI is InChI=1S/C23H18ClN5O3S/c1-31-16-8-14(13-2-4-15(24)5-3-13)9-17-22(16)26-21(33-17)11-20-29-28-19(32-20)10-18(30)27-23(12-25)6-7-23/h2-5,8-9H,6-7,10-11H2,1H3,(H,27,30). The summed E-state index contributed by atoms with van der Waals surface area (Å²) in [6.45, 7) is 0. The van der Waals surface area contributed by atoms with E-state index in [0.717, 1.165) is 26.4 Å². The van der Waals surface area contributed by atoms with E-state index < -0.39 is 5.54 Å². The number of aromatic nitrogens is 3. The molecule has 1 N–H and O–H groups in total. The van der Waals surface area contributed by atoms with Crippen LogP contribution in [0.15, 0.2) is 40.8 Å². The van der Waals surface area contributed by atoms with Crippen LogP contribution in [0.2, 0.25) is 5.02 Å². The molecule has 1 fully saturated rings. The number of nitrogens with zero attached hydrogens (tertiary/aromatic N) is 4. The van der Waals surface area contributed by atoms with Crippen molar-refractivity contribution in [2.75, 3.05) is 7.11 Å². The van der Waals surface area contributed by atoms with Gasteiger partial charge in [-0.3, -0.25) is 4.79 Å². The van der Waals surface area contributed by atoms with E-state index in [4.69, 9.17) is 31.0 Å². The van der Waals surface area contributed by atoms with Crippen LogP contribution in [0.5, 0.6) is 5.75 Å². The predicted molar refractivity (Wildman–Crippen MR) is 123 cm³/mol. The molecule has 0 saturated heterocycles. The average Bonchev–Trinajstić information content (AvgIpc) is 3.24. The number of nitriles is 1. The summed E-state index contributed by atoms with van der Waals surface area (Å²) < 4.78 is 12.2. The van der Waals surface area contributed by atoms with Crippen LogP contribution in [0.3, 0.4) is 0 Å². The van der Waals surface area contributed by atoms with Gasteiger partial charge >= 0.3 is 0 Å². The Bertz CT molecular complexity index is 1390. The van der Waals surface area contributed by atoms with Gasteiger partial charge in [-0.2, -0.15) is 5.26 Å². The van der Waals surface area contributed by atoms with Crippen LogP contribution in [-0.2, 0) is 17.6 Å². The monoisotopic (exact) mass is 479 g/mol. The number of methoxy groups -OCH3 is 1. The zero-order valence-corrected chi connectivity index (χ0v) is 19.2. The van der Waals surface area contributed by atoms with Crippen LogP contribution in [0.1, 0.15) is 29.6 Å². The van der Waals surface area contributed by atoms with Crippen molar-refractivity contribution in [3.63, 3.8) is 0 Å². The van der Waals surface area contributed by atoms with Crippen molar-refractivity contribution >= 4 is 39.1 Å². The number of nitrogens with one attached hydrogen (secondary N) is 1. The molecule has 0 atom stereocenters. The number of amides is 1. The Labute approximate surface area is 198 Å². The van der Waals surface area contributed by atoms with Crippen molar-refractivity contribution in [3.8, 4) is 22.9 Å². The van der Waals surface area contributed by atoms with Gasteiger partial charge in [-0.1, -0.05) is 23.7 Å². The first-order chi connectivity index (χ1) is 16.0. The zero-order chi connectivity index (χ0) is 23.0. The SMILES string of the molecule is COc1cc(-c2ccc(Cl)cc2)cc2sc(Cc3nnc(CC(=O)NC4(C#N)CC4)o3)nc12. The maximum Gasteiger partial charge on any atom is 0.230 e. The van der Waals surface area contributed by atoms with Gasteiger partial charge in [-0.15, -0.1) is 21.5 Å². The lowest BCUT2D eigenvalue weighted by molar-refractivity contribution is -0.121. The topological polar surface area (TPSA) is 114 Å². The fraction of sp³-hybridized carbons (Fsp3) is 0.261. The largest absolute Gasteiger partial charge is 0.494 e. The van der Waals surface area contributed by atoms with Gasteiger partial charge in [0.2, 0.25) is 17.7 Å². The Morgan fingerprint density at radius 3 is 2.70 bits per heavy atom. The molecule has 10 heteroatoms. The molecule has 5 rings (SSSR count). The molecule has 2 heterocycles. The van der Waals surface area contributed by atoms with Crippen molar-refractivity contribution in [2.45, 2.75) is 31.2 Å². The van der Waals surface area contributed by atoms with E-state index >= 15 is 0 Å². The first-order valence-corrected chi connectivity index (χ1v) is 11.4. The third kappa shape index (κ3) is 4.53. The lowest BCUT2D eigenvalue weighted by Gasteiger charge is -2.06. The van der Waals surface area contributed by atoms with E-state index in [1.807, 2.05) is 30.3 Å². The van der Waals surface area contributed by atoms with Crippen molar-refractivity contribution in [1.29, 1.82) is 5.26 Å². The number of fused-ring (bicyclic) bond motifs is 1. The lowest BCUT2D eigenvalue weighted by Crippen LogP contribution is -2.36. The molecule has 4 aromatic rings. The zero-order valence-electron chi connectivity index (χ0n) is 17.6. The van der Waals surface area contributed by atoms with Gasteiger partial charge < -0.3 is 14.5 Å². The van der Waals surface area contributed by atoms with E-state index in [2.05, 4.69) is 27.6 Å². The molecule has 2 aromatic carbocycles. The maximum absolute atomic E-state index is 12.1. The van der Waals surface area contributed by atoms with Gasteiger partial charge in [0.05, 0.1) is 24.3 Å². The molecule has 8 nitrogen and oxygen atoms in total. The summed E-state index contributed by atoms with van der Waals surface area (Å²) in [5.41, 5.74) is 2.08. The summed E-state index contributed by atoms with van der Waals surface area (Å²) >= 11 is 7.53. The van der Waals surface area contributed by atoms with E-state index in [0.29, 0.717) is 35.9 Å². The van der Waals surface area contributed by atoms with Crippen LogP contribution in [-0.4, -0.2) is 33.7 Å².